The summed E-state index contributed by atoms with van der Waals surface area (Å²) in [7, 11) is -3.67. The first kappa shape index (κ1) is 24.4. The second-order valence-electron chi connectivity index (χ2n) is 7.13. The molecule has 4 rings (SSSR count). The number of hydrogen-bond acceptors (Lipinski definition) is 8. The molecule has 0 aliphatic carbocycles. The van der Waals surface area contributed by atoms with Crippen molar-refractivity contribution in [3.63, 3.8) is 0 Å². The molecule has 0 aliphatic rings. The van der Waals surface area contributed by atoms with Crippen LogP contribution in [0.25, 0.3) is 11.3 Å². The van der Waals surface area contributed by atoms with E-state index in [1.807, 2.05) is 0 Å². The molecule has 0 atom stereocenters. The maximum absolute atomic E-state index is 12.4. The Bertz CT molecular complexity index is 1460. The predicted molar refractivity (Wildman–Crippen MR) is 137 cm³/mol. The third-order valence-corrected chi connectivity index (χ3v) is 7.80. The lowest BCUT2D eigenvalue weighted by Gasteiger charge is -2.09. The molecule has 0 bridgehead atoms. The summed E-state index contributed by atoms with van der Waals surface area (Å²) in [6.45, 7) is 0. The number of benzene rings is 3. The highest BCUT2D eigenvalue weighted by molar-refractivity contribution is 8.00. The molecular formula is C23H18N4O5S3. The van der Waals surface area contributed by atoms with E-state index in [2.05, 4.69) is 15.0 Å². The molecule has 2 N–H and O–H groups in total. The van der Waals surface area contributed by atoms with Gasteiger partial charge in [-0.15, -0.1) is 23.1 Å². The third-order valence-electron chi connectivity index (χ3n) is 4.63. The molecule has 178 valence electrons. The van der Waals surface area contributed by atoms with Crippen molar-refractivity contribution in [1.29, 1.82) is 0 Å². The number of non-ortho nitro benzene ring substituents is 1. The van der Waals surface area contributed by atoms with E-state index in [-0.39, 0.29) is 22.2 Å². The summed E-state index contributed by atoms with van der Waals surface area (Å²) < 4.78 is 27.3. The van der Waals surface area contributed by atoms with Gasteiger partial charge in [0.2, 0.25) is 5.91 Å². The SMILES string of the molecule is O=C(CSc1ccc(NS(=O)(=O)c2ccccc2)cc1)Nc1nc(-c2cccc([N+](=O)[O-])c2)cs1. The number of aromatic nitrogens is 1. The summed E-state index contributed by atoms with van der Waals surface area (Å²) in [4.78, 5) is 28.1. The zero-order valence-corrected chi connectivity index (χ0v) is 20.4. The summed E-state index contributed by atoms with van der Waals surface area (Å²) in [6, 6.07) is 20.9. The number of sulfonamides is 1. The highest BCUT2D eigenvalue weighted by Gasteiger charge is 2.14. The summed E-state index contributed by atoms with van der Waals surface area (Å²) >= 11 is 2.52. The van der Waals surface area contributed by atoms with Gasteiger partial charge < -0.3 is 5.32 Å². The van der Waals surface area contributed by atoms with Crippen molar-refractivity contribution >= 4 is 55.5 Å². The maximum atomic E-state index is 12.4. The highest BCUT2D eigenvalue weighted by Crippen LogP contribution is 2.28. The fourth-order valence-corrected chi connectivity index (χ4v) is 5.49. The van der Waals surface area contributed by atoms with Gasteiger partial charge in [0.1, 0.15) is 0 Å². The number of nitrogens with one attached hydrogen (secondary N) is 2. The van der Waals surface area contributed by atoms with Crippen LogP contribution < -0.4 is 10.0 Å². The van der Waals surface area contributed by atoms with Gasteiger partial charge in [-0.05, 0) is 36.4 Å². The van der Waals surface area contributed by atoms with Gasteiger partial charge in [0.05, 0.1) is 21.3 Å². The van der Waals surface area contributed by atoms with E-state index in [4.69, 9.17) is 0 Å². The Morgan fingerprint density at radius 2 is 1.77 bits per heavy atom. The molecule has 0 saturated heterocycles. The number of nitro groups is 1. The molecule has 35 heavy (non-hydrogen) atoms. The number of thioether (sulfide) groups is 1. The standard InChI is InChI=1S/C23H18N4O5S3/c28-22(25-23-24-21(14-34-23)16-5-4-6-18(13-16)27(29)30)15-33-19-11-9-17(10-12-19)26-35(31,32)20-7-2-1-3-8-20/h1-14,26H,15H2,(H,24,25,28). The molecule has 0 unspecified atom stereocenters. The second kappa shape index (κ2) is 10.7. The number of hydrogen-bond donors (Lipinski definition) is 2. The molecule has 0 aliphatic heterocycles. The van der Waals surface area contributed by atoms with Crippen LogP contribution in [-0.2, 0) is 14.8 Å². The number of carbonyl (C=O) groups is 1. The average molecular weight is 527 g/mol. The molecule has 0 fully saturated rings. The lowest BCUT2D eigenvalue weighted by Crippen LogP contribution is -2.14. The molecule has 0 saturated carbocycles. The number of anilines is 2. The van der Waals surface area contributed by atoms with Crippen molar-refractivity contribution in [1.82, 2.24) is 4.98 Å². The first-order chi connectivity index (χ1) is 16.8. The summed E-state index contributed by atoms with van der Waals surface area (Å²) in [6.07, 6.45) is 0. The fourth-order valence-electron chi connectivity index (χ4n) is 2.98. The second-order valence-corrected chi connectivity index (χ2v) is 10.7. The molecule has 0 spiro atoms. The van der Waals surface area contributed by atoms with Crippen LogP contribution in [0.4, 0.5) is 16.5 Å². The van der Waals surface area contributed by atoms with Crippen molar-refractivity contribution in [2.75, 3.05) is 15.8 Å². The monoisotopic (exact) mass is 526 g/mol. The molecule has 12 heteroatoms. The summed E-state index contributed by atoms with van der Waals surface area (Å²) in [5.74, 6) is -0.135. The van der Waals surface area contributed by atoms with Crippen LogP contribution in [0.3, 0.4) is 0 Å². The molecule has 3 aromatic carbocycles. The van der Waals surface area contributed by atoms with E-state index in [1.54, 1.807) is 60.0 Å². The zero-order valence-electron chi connectivity index (χ0n) is 18.0. The van der Waals surface area contributed by atoms with Crippen molar-refractivity contribution in [2.45, 2.75) is 9.79 Å². The Kier molecular flexibility index (Phi) is 7.44. The summed E-state index contributed by atoms with van der Waals surface area (Å²) in [5, 5.41) is 15.8. The van der Waals surface area contributed by atoms with Gasteiger partial charge in [-0.25, -0.2) is 13.4 Å². The van der Waals surface area contributed by atoms with Crippen LogP contribution in [0.1, 0.15) is 0 Å². The molecule has 1 heterocycles. The quantitative estimate of drug-likeness (QED) is 0.173. The molecule has 9 nitrogen and oxygen atoms in total. The van der Waals surface area contributed by atoms with Crippen LogP contribution in [0.5, 0.6) is 0 Å². The topological polar surface area (TPSA) is 131 Å². The number of nitrogens with zero attached hydrogens (tertiary/aromatic N) is 2. The van der Waals surface area contributed by atoms with Crippen molar-refractivity contribution in [2.24, 2.45) is 0 Å². The van der Waals surface area contributed by atoms with E-state index in [0.29, 0.717) is 22.1 Å². The Balaban J connectivity index is 1.31. The number of nitro benzene ring substituents is 1. The van der Waals surface area contributed by atoms with Crippen LogP contribution in [0, 0.1) is 10.1 Å². The lowest BCUT2D eigenvalue weighted by atomic mass is 10.1. The Hall–Kier alpha value is -3.74. The van der Waals surface area contributed by atoms with Crippen molar-refractivity contribution in [3.05, 3.63) is 94.4 Å². The maximum Gasteiger partial charge on any atom is 0.270 e. The number of thiazole rings is 1. The van der Waals surface area contributed by atoms with Crippen LogP contribution in [0.15, 0.2) is 94.0 Å². The summed E-state index contributed by atoms with van der Waals surface area (Å²) in [5.41, 5.74) is 1.51. The molecular weight excluding hydrogens is 508 g/mol. The molecule has 0 radical (unpaired) electrons. The third kappa shape index (κ3) is 6.44. The molecule has 1 aromatic heterocycles. The van der Waals surface area contributed by atoms with Gasteiger partial charge in [0, 0.05) is 33.7 Å². The first-order valence-corrected chi connectivity index (χ1v) is 13.5. The van der Waals surface area contributed by atoms with Crippen molar-refractivity contribution in [3.8, 4) is 11.3 Å². The van der Waals surface area contributed by atoms with Crippen LogP contribution in [-0.4, -0.2) is 30.0 Å². The van der Waals surface area contributed by atoms with Gasteiger partial charge in [-0.3, -0.25) is 19.6 Å². The van der Waals surface area contributed by atoms with Crippen molar-refractivity contribution < 1.29 is 18.1 Å². The minimum absolute atomic E-state index is 0.0311. The van der Waals surface area contributed by atoms with E-state index in [0.717, 1.165) is 4.90 Å². The lowest BCUT2D eigenvalue weighted by molar-refractivity contribution is -0.384. The normalized spacial score (nSPS) is 11.1. The van der Waals surface area contributed by atoms with Crippen LogP contribution in [0.2, 0.25) is 0 Å². The number of carbonyl (C=O) groups excluding carboxylic acids is 1. The van der Waals surface area contributed by atoms with Crippen LogP contribution >= 0.6 is 23.1 Å². The highest BCUT2D eigenvalue weighted by atomic mass is 32.2. The molecule has 4 aromatic rings. The minimum atomic E-state index is -3.67. The van der Waals surface area contributed by atoms with Gasteiger partial charge >= 0.3 is 0 Å². The van der Waals surface area contributed by atoms with E-state index in [9.17, 15) is 23.3 Å². The first-order valence-electron chi connectivity index (χ1n) is 10.1. The van der Waals surface area contributed by atoms with Gasteiger partial charge in [0.25, 0.3) is 15.7 Å². The minimum Gasteiger partial charge on any atom is -0.301 e. The Morgan fingerprint density at radius 3 is 2.49 bits per heavy atom. The largest absolute Gasteiger partial charge is 0.301 e. The van der Waals surface area contributed by atoms with E-state index in [1.165, 1.54) is 47.4 Å². The zero-order chi connectivity index (χ0) is 24.8. The number of amides is 1. The predicted octanol–water partition coefficient (Wildman–Crippen LogP) is 5.25. The Morgan fingerprint density at radius 1 is 1.03 bits per heavy atom. The Labute approximate surface area is 209 Å². The molecule has 1 amide bonds. The average Bonchev–Trinajstić information content (AvgIpc) is 3.32. The van der Waals surface area contributed by atoms with Gasteiger partial charge in [-0.2, -0.15) is 0 Å². The van der Waals surface area contributed by atoms with Gasteiger partial charge in [0.15, 0.2) is 5.13 Å². The van der Waals surface area contributed by atoms with E-state index < -0.39 is 14.9 Å². The smallest absolute Gasteiger partial charge is 0.270 e. The number of rotatable bonds is 9. The fraction of sp³-hybridized carbons (Fsp3) is 0.0435. The van der Waals surface area contributed by atoms with E-state index >= 15 is 0 Å². The van der Waals surface area contributed by atoms with Gasteiger partial charge in [-0.1, -0.05) is 30.3 Å².